The molecule has 0 saturated carbocycles. The van der Waals surface area contributed by atoms with E-state index in [0.717, 1.165) is 25.1 Å². The zero-order valence-electron chi connectivity index (χ0n) is 12.7. The largest absolute Gasteiger partial charge is 0.313 e. The Hall–Kier alpha value is -1.26. The standard InChI is InChI=1S/C14H21N3O4S2/c18-22(19,17-12-13-6-8-15-9-7-13)11-10-16-23(20,21)14-4-2-1-3-5-14/h1-6,15-17H,7-12H2. The Morgan fingerprint density at radius 2 is 1.78 bits per heavy atom. The molecular formula is C14H21N3O4S2. The van der Waals surface area contributed by atoms with Gasteiger partial charge in [-0.15, -0.1) is 0 Å². The molecule has 0 spiro atoms. The lowest BCUT2D eigenvalue weighted by Crippen LogP contribution is -2.36. The minimum atomic E-state index is -3.68. The lowest BCUT2D eigenvalue weighted by molar-refractivity contribution is 0.575. The zero-order valence-corrected chi connectivity index (χ0v) is 14.3. The van der Waals surface area contributed by atoms with Gasteiger partial charge in [0.15, 0.2) is 0 Å². The van der Waals surface area contributed by atoms with Gasteiger partial charge in [0, 0.05) is 19.6 Å². The van der Waals surface area contributed by atoms with Crippen LogP contribution >= 0.6 is 0 Å². The van der Waals surface area contributed by atoms with E-state index in [0.29, 0.717) is 0 Å². The number of sulfonamides is 2. The third-order valence-corrected chi connectivity index (χ3v) is 6.20. The fourth-order valence-electron chi connectivity index (χ4n) is 2.10. The molecule has 2 rings (SSSR count). The van der Waals surface area contributed by atoms with Crippen LogP contribution < -0.4 is 14.8 Å². The summed E-state index contributed by atoms with van der Waals surface area (Å²) in [6.45, 7) is 1.68. The van der Waals surface area contributed by atoms with Crippen molar-refractivity contribution >= 4 is 20.0 Å². The molecule has 0 aliphatic carbocycles. The van der Waals surface area contributed by atoms with Gasteiger partial charge in [-0.1, -0.05) is 29.8 Å². The average Bonchev–Trinajstić information content (AvgIpc) is 2.54. The molecule has 3 N–H and O–H groups in total. The molecule has 0 fully saturated rings. The van der Waals surface area contributed by atoms with Crippen molar-refractivity contribution in [1.82, 2.24) is 14.8 Å². The maximum Gasteiger partial charge on any atom is 0.240 e. The predicted molar refractivity (Wildman–Crippen MR) is 89.0 cm³/mol. The van der Waals surface area contributed by atoms with Gasteiger partial charge in [-0.2, -0.15) is 0 Å². The van der Waals surface area contributed by atoms with Gasteiger partial charge in [-0.05, 0) is 25.1 Å². The van der Waals surface area contributed by atoms with Gasteiger partial charge in [0.25, 0.3) is 0 Å². The SMILES string of the molecule is O=S(=O)(CCNS(=O)(=O)c1ccccc1)NCC1=CCNCC1. The van der Waals surface area contributed by atoms with Gasteiger partial charge in [0.2, 0.25) is 20.0 Å². The minimum absolute atomic E-state index is 0.116. The maximum absolute atomic E-state index is 12.0. The molecule has 1 aliphatic rings. The van der Waals surface area contributed by atoms with Crippen molar-refractivity contribution in [2.45, 2.75) is 11.3 Å². The topological polar surface area (TPSA) is 104 Å². The van der Waals surface area contributed by atoms with Gasteiger partial charge < -0.3 is 5.32 Å². The molecular weight excluding hydrogens is 338 g/mol. The summed E-state index contributed by atoms with van der Waals surface area (Å²) in [6, 6.07) is 7.85. The second-order valence-electron chi connectivity index (χ2n) is 5.17. The highest BCUT2D eigenvalue weighted by atomic mass is 32.2. The fraction of sp³-hybridized carbons (Fsp3) is 0.429. The molecule has 0 amide bonds. The number of hydrogen-bond donors (Lipinski definition) is 3. The summed E-state index contributed by atoms with van der Waals surface area (Å²) in [4.78, 5) is 0.116. The average molecular weight is 359 g/mol. The van der Waals surface area contributed by atoms with E-state index in [4.69, 9.17) is 0 Å². The predicted octanol–water partition coefficient (Wildman–Crippen LogP) is -0.196. The molecule has 0 saturated heterocycles. The van der Waals surface area contributed by atoms with Crippen molar-refractivity contribution in [2.75, 3.05) is 31.9 Å². The summed E-state index contributed by atoms with van der Waals surface area (Å²) in [5.74, 6) is -0.301. The van der Waals surface area contributed by atoms with E-state index in [2.05, 4.69) is 14.8 Å². The van der Waals surface area contributed by atoms with Crippen molar-refractivity contribution < 1.29 is 16.8 Å². The first-order chi connectivity index (χ1) is 10.9. The lowest BCUT2D eigenvalue weighted by atomic mass is 10.1. The van der Waals surface area contributed by atoms with Crippen molar-refractivity contribution in [3.05, 3.63) is 42.0 Å². The van der Waals surface area contributed by atoms with E-state index in [-0.39, 0.29) is 23.7 Å². The Labute approximate surface area is 137 Å². The number of rotatable bonds is 8. The highest BCUT2D eigenvalue weighted by Gasteiger charge is 2.16. The molecule has 0 atom stereocenters. The maximum atomic E-state index is 12.0. The first kappa shape index (κ1) is 18.1. The van der Waals surface area contributed by atoms with Crippen LogP contribution in [0.4, 0.5) is 0 Å². The van der Waals surface area contributed by atoms with Gasteiger partial charge in [0.1, 0.15) is 0 Å². The van der Waals surface area contributed by atoms with Gasteiger partial charge >= 0.3 is 0 Å². The molecule has 0 aromatic heterocycles. The van der Waals surface area contributed by atoms with Gasteiger partial charge in [-0.25, -0.2) is 26.3 Å². The Bertz CT molecular complexity index is 743. The van der Waals surface area contributed by atoms with E-state index in [9.17, 15) is 16.8 Å². The molecule has 1 heterocycles. The Morgan fingerprint density at radius 3 is 2.43 bits per heavy atom. The Morgan fingerprint density at radius 1 is 1.04 bits per heavy atom. The van der Waals surface area contributed by atoms with Crippen LogP contribution in [0.5, 0.6) is 0 Å². The minimum Gasteiger partial charge on any atom is -0.313 e. The molecule has 7 nitrogen and oxygen atoms in total. The molecule has 0 radical (unpaired) electrons. The molecule has 1 aliphatic heterocycles. The molecule has 1 aromatic rings. The summed E-state index contributed by atoms with van der Waals surface area (Å²) in [6.07, 6.45) is 2.77. The molecule has 23 heavy (non-hydrogen) atoms. The fourth-order valence-corrected chi connectivity index (χ4v) is 4.20. The molecule has 0 unspecified atom stereocenters. The van der Waals surface area contributed by atoms with Crippen LogP contribution in [0.2, 0.25) is 0 Å². The van der Waals surface area contributed by atoms with Crippen LogP contribution in [-0.2, 0) is 20.0 Å². The van der Waals surface area contributed by atoms with Gasteiger partial charge in [-0.3, -0.25) is 0 Å². The summed E-state index contributed by atoms with van der Waals surface area (Å²) in [5, 5.41) is 3.15. The molecule has 9 heteroatoms. The van der Waals surface area contributed by atoms with E-state index in [1.165, 1.54) is 12.1 Å². The Balaban J connectivity index is 1.81. The number of nitrogens with one attached hydrogen (secondary N) is 3. The van der Waals surface area contributed by atoms with E-state index < -0.39 is 20.0 Å². The van der Waals surface area contributed by atoms with E-state index in [1.807, 2.05) is 6.08 Å². The smallest absolute Gasteiger partial charge is 0.240 e. The number of hydrogen-bond acceptors (Lipinski definition) is 5. The highest BCUT2D eigenvalue weighted by Crippen LogP contribution is 2.07. The molecule has 128 valence electrons. The molecule has 1 aromatic carbocycles. The molecule has 0 bridgehead atoms. The van der Waals surface area contributed by atoms with Crippen LogP contribution in [0.1, 0.15) is 6.42 Å². The van der Waals surface area contributed by atoms with Crippen LogP contribution in [-0.4, -0.2) is 48.8 Å². The third-order valence-electron chi connectivity index (χ3n) is 3.39. The van der Waals surface area contributed by atoms with Crippen LogP contribution in [0.25, 0.3) is 0 Å². The van der Waals surface area contributed by atoms with Crippen LogP contribution in [0.3, 0.4) is 0 Å². The van der Waals surface area contributed by atoms with Crippen molar-refractivity contribution in [1.29, 1.82) is 0 Å². The first-order valence-electron chi connectivity index (χ1n) is 7.30. The zero-order chi connectivity index (χ0) is 16.8. The quantitative estimate of drug-likeness (QED) is 0.558. The summed E-state index contributed by atoms with van der Waals surface area (Å²) >= 11 is 0. The van der Waals surface area contributed by atoms with Gasteiger partial charge in [0.05, 0.1) is 10.6 Å². The second-order valence-corrected chi connectivity index (χ2v) is 8.86. The van der Waals surface area contributed by atoms with Crippen LogP contribution in [0, 0.1) is 0 Å². The second kappa shape index (κ2) is 8.02. The summed E-state index contributed by atoms with van der Waals surface area (Å²) in [7, 11) is -7.20. The summed E-state index contributed by atoms with van der Waals surface area (Å²) < 4.78 is 52.6. The van der Waals surface area contributed by atoms with Crippen LogP contribution in [0.15, 0.2) is 46.9 Å². The van der Waals surface area contributed by atoms with E-state index in [1.54, 1.807) is 18.2 Å². The first-order valence-corrected chi connectivity index (χ1v) is 10.4. The van der Waals surface area contributed by atoms with Crippen molar-refractivity contribution in [3.8, 4) is 0 Å². The number of benzene rings is 1. The van der Waals surface area contributed by atoms with Crippen molar-refractivity contribution in [2.24, 2.45) is 0 Å². The summed E-state index contributed by atoms with van der Waals surface area (Å²) in [5.41, 5.74) is 1.04. The van der Waals surface area contributed by atoms with E-state index >= 15 is 0 Å². The normalized spacial score (nSPS) is 16.1. The monoisotopic (exact) mass is 359 g/mol. The highest BCUT2D eigenvalue weighted by molar-refractivity contribution is 7.90. The van der Waals surface area contributed by atoms with Crippen molar-refractivity contribution in [3.63, 3.8) is 0 Å². The Kier molecular flexibility index (Phi) is 6.31. The lowest BCUT2D eigenvalue weighted by Gasteiger charge is -2.14. The third kappa shape index (κ3) is 6.04.